The van der Waals surface area contributed by atoms with E-state index in [1.165, 1.54) is 11.0 Å². The molecule has 4 rings (SSSR count). The lowest BCUT2D eigenvalue weighted by atomic mass is 10.1. The fourth-order valence-electron chi connectivity index (χ4n) is 3.48. The van der Waals surface area contributed by atoms with Crippen LogP contribution in [0.15, 0.2) is 77.7 Å². The summed E-state index contributed by atoms with van der Waals surface area (Å²) < 4.78 is 37.5. The molecule has 0 aliphatic heterocycles. The zero-order valence-electron chi connectivity index (χ0n) is 17.6. The maximum Gasteiger partial charge on any atom is 0.245 e. The number of nitrogens with zero attached hydrogens (tertiary/aromatic N) is 3. The average Bonchev–Trinajstić information content (AvgIpc) is 3.27. The van der Waals surface area contributed by atoms with Crippen LogP contribution < -0.4 is 9.62 Å². The number of likely N-dealkylation sites (N-methyl/N-ethyl adjacent to an activating group) is 1. The molecule has 1 amide bonds. The summed E-state index contributed by atoms with van der Waals surface area (Å²) in [6, 6.07) is 20.6. The molecule has 164 valence electrons. The summed E-state index contributed by atoms with van der Waals surface area (Å²) in [7, 11) is -2.39. The van der Waals surface area contributed by atoms with Crippen molar-refractivity contribution in [3.05, 3.63) is 83.9 Å². The van der Waals surface area contributed by atoms with Gasteiger partial charge in [-0.2, -0.15) is 13.5 Å². The van der Waals surface area contributed by atoms with Crippen molar-refractivity contribution in [2.75, 3.05) is 11.9 Å². The van der Waals surface area contributed by atoms with Crippen LogP contribution in [0.2, 0.25) is 0 Å². The van der Waals surface area contributed by atoms with Gasteiger partial charge in [-0.1, -0.05) is 48.5 Å². The molecule has 1 atom stereocenters. The number of aryl methyl sites for hydroxylation is 1. The first kappa shape index (κ1) is 22.1. The average molecular weight is 467 g/mol. The van der Waals surface area contributed by atoms with Gasteiger partial charge < -0.3 is 4.90 Å². The van der Waals surface area contributed by atoms with Crippen molar-refractivity contribution < 1.29 is 13.2 Å². The molecule has 3 aromatic carbocycles. The van der Waals surface area contributed by atoms with Crippen LogP contribution in [0.4, 0.5) is 5.69 Å². The van der Waals surface area contributed by atoms with E-state index in [2.05, 4.69) is 13.5 Å². The second-order valence-corrected chi connectivity index (χ2v) is 9.70. The van der Waals surface area contributed by atoms with E-state index in [-0.39, 0.29) is 17.2 Å². The number of fused-ring (bicyclic) bond motifs is 1. The lowest BCUT2D eigenvalue weighted by molar-refractivity contribution is -0.119. The number of benzene rings is 3. The second-order valence-electron chi connectivity index (χ2n) is 7.49. The summed E-state index contributed by atoms with van der Waals surface area (Å²) in [5.41, 5.74) is 3.34. The van der Waals surface area contributed by atoms with E-state index in [0.29, 0.717) is 16.7 Å². The molecular weight excluding hydrogens is 444 g/mol. The first-order valence-corrected chi connectivity index (χ1v) is 12.2. The van der Waals surface area contributed by atoms with Crippen LogP contribution in [0.3, 0.4) is 0 Å². The van der Waals surface area contributed by atoms with Crippen molar-refractivity contribution >= 4 is 44.4 Å². The molecule has 1 N–H and O–H groups in total. The number of sulfonamides is 1. The number of anilines is 1. The minimum atomic E-state index is -4.04. The Morgan fingerprint density at radius 3 is 2.53 bits per heavy atom. The molecule has 0 fully saturated rings. The predicted molar refractivity (Wildman–Crippen MR) is 126 cm³/mol. The summed E-state index contributed by atoms with van der Waals surface area (Å²) in [5, 5.41) is 0. The Hall–Kier alpha value is -3.14. The largest absolute Gasteiger partial charge is 0.314 e. The van der Waals surface area contributed by atoms with Gasteiger partial charge in [0.05, 0.1) is 11.7 Å². The molecule has 0 unspecified atom stereocenters. The van der Waals surface area contributed by atoms with E-state index in [9.17, 15) is 13.2 Å². The monoisotopic (exact) mass is 466 g/mol. The van der Waals surface area contributed by atoms with Crippen LogP contribution in [-0.4, -0.2) is 36.2 Å². The fraction of sp³-hybridized carbons (Fsp3) is 0.174. The van der Waals surface area contributed by atoms with E-state index in [0.717, 1.165) is 22.9 Å². The van der Waals surface area contributed by atoms with Gasteiger partial charge in [-0.15, -0.1) is 0 Å². The lowest BCUT2D eigenvalue weighted by Crippen LogP contribution is -2.48. The van der Waals surface area contributed by atoms with Crippen molar-refractivity contribution in [3.63, 3.8) is 0 Å². The molecule has 32 heavy (non-hydrogen) atoms. The third kappa shape index (κ3) is 4.69. The minimum Gasteiger partial charge on any atom is -0.314 e. The van der Waals surface area contributed by atoms with Gasteiger partial charge in [0.25, 0.3) is 0 Å². The van der Waals surface area contributed by atoms with Gasteiger partial charge in [0.2, 0.25) is 15.9 Å². The molecule has 0 bridgehead atoms. The van der Waals surface area contributed by atoms with Gasteiger partial charge in [-0.05, 0) is 48.7 Å². The number of rotatable bonds is 7. The van der Waals surface area contributed by atoms with Crippen LogP contribution in [0.25, 0.3) is 11.0 Å². The Balaban J connectivity index is 1.69. The van der Waals surface area contributed by atoms with Crippen molar-refractivity contribution in [2.24, 2.45) is 0 Å². The highest BCUT2D eigenvalue weighted by Crippen LogP contribution is 2.22. The molecule has 0 saturated carbocycles. The fourth-order valence-corrected chi connectivity index (χ4v) is 5.43. The highest BCUT2D eigenvalue weighted by Gasteiger charge is 2.30. The number of carbonyl (C=O) groups excluding carboxylic acids is 1. The van der Waals surface area contributed by atoms with Crippen LogP contribution in [0, 0.1) is 6.92 Å². The molecule has 0 spiro atoms. The number of carbonyl (C=O) groups is 1. The molecule has 0 aliphatic carbocycles. The first-order valence-electron chi connectivity index (χ1n) is 9.97. The normalized spacial score (nSPS) is 12.6. The Morgan fingerprint density at radius 1 is 1.03 bits per heavy atom. The smallest absolute Gasteiger partial charge is 0.245 e. The molecule has 7 nitrogen and oxygen atoms in total. The number of hydrogen-bond acceptors (Lipinski definition) is 6. The van der Waals surface area contributed by atoms with Gasteiger partial charge in [0, 0.05) is 12.7 Å². The van der Waals surface area contributed by atoms with Crippen LogP contribution >= 0.6 is 11.7 Å². The van der Waals surface area contributed by atoms with Crippen LogP contribution in [0.1, 0.15) is 11.1 Å². The second kappa shape index (κ2) is 9.15. The maximum atomic E-state index is 13.5. The molecule has 0 radical (unpaired) electrons. The predicted octanol–water partition coefficient (Wildman–Crippen LogP) is 3.55. The topological polar surface area (TPSA) is 92.3 Å². The van der Waals surface area contributed by atoms with E-state index in [1.807, 2.05) is 61.5 Å². The Morgan fingerprint density at radius 2 is 1.78 bits per heavy atom. The van der Waals surface area contributed by atoms with Crippen molar-refractivity contribution in [3.8, 4) is 0 Å². The highest BCUT2D eigenvalue weighted by molar-refractivity contribution is 7.89. The van der Waals surface area contributed by atoms with E-state index < -0.39 is 16.1 Å². The number of aromatic nitrogens is 2. The number of amides is 1. The third-order valence-electron chi connectivity index (χ3n) is 5.14. The first-order chi connectivity index (χ1) is 15.3. The third-order valence-corrected chi connectivity index (χ3v) is 7.18. The lowest BCUT2D eigenvalue weighted by Gasteiger charge is -2.25. The SMILES string of the molecule is Cc1cccc(N(C)C(=O)[C@H](Cc2ccccc2)NS(=O)(=O)c2cccc3nsnc23)c1. The Labute approximate surface area is 191 Å². The molecule has 0 aliphatic rings. The molecule has 4 aromatic rings. The van der Waals surface area contributed by atoms with Crippen LogP contribution in [-0.2, 0) is 21.2 Å². The number of nitrogens with one attached hydrogen (secondary N) is 1. The van der Waals surface area contributed by atoms with E-state index in [1.54, 1.807) is 19.2 Å². The van der Waals surface area contributed by atoms with Gasteiger partial charge in [-0.3, -0.25) is 4.79 Å². The van der Waals surface area contributed by atoms with E-state index >= 15 is 0 Å². The van der Waals surface area contributed by atoms with E-state index in [4.69, 9.17) is 0 Å². The quantitative estimate of drug-likeness (QED) is 0.450. The maximum absolute atomic E-state index is 13.5. The molecule has 1 heterocycles. The summed E-state index contributed by atoms with van der Waals surface area (Å²) >= 11 is 0.947. The standard InChI is InChI=1S/C23H22N4O3S2/c1-16-8-6-11-18(14-16)27(2)23(28)20(15-17-9-4-3-5-10-17)26-32(29,30)21-13-7-12-19-22(21)25-31-24-19/h3-14,20,26H,15H2,1-2H3/t20-/m0/s1. The number of hydrogen-bond donors (Lipinski definition) is 1. The van der Waals surface area contributed by atoms with Crippen LogP contribution in [0.5, 0.6) is 0 Å². The zero-order valence-corrected chi connectivity index (χ0v) is 19.2. The minimum absolute atomic E-state index is 0.00724. The summed E-state index contributed by atoms with van der Waals surface area (Å²) in [6.07, 6.45) is 0.209. The van der Waals surface area contributed by atoms with Crippen molar-refractivity contribution in [1.82, 2.24) is 13.5 Å². The molecule has 9 heteroatoms. The summed E-state index contributed by atoms with van der Waals surface area (Å²) in [6.45, 7) is 1.94. The molecular formula is C23H22N4O3S2. The zero-order chi connectivity index (χ0) is 22.7. The Kier molecular flexibility index (Phi) is 6.31. The summed E-state index contributed by atoms with van der Waals surface area (Å²) in [4.78, 5) is 14.9. The van der Waals surface area contributed by atoms with Gasteiger partial charge >= 0.3 is 0 Å². The van der Waals surface area contributed by atoms with Gasteiger partial charge in [0.15, 0.2) is 0 Å². The van der Waals surface area contributed by atoms with Crippen molar-refractivity contribution in [1.29, 1.82) is 0 Å². The van der Waals surface area contributed by atoms with Gasteiger partial charge in [0.1, 0.15) is 22.0 Å². The Bertz CT molecular complexity index is 1350. The van der Waals surface area contributed by atoms with Crippen molar-refractivity contribution in [2.45, 2.75) is 24.3 Å². The molecule has 0 saturated heterocycles. The van der Waals surface area contributed by atoms with Gasteiger partial charge in [-0.25, -0.2) is 8.42 Å². The summed E-state index contributed by atoms with van der Waals surface area (Å²) in [5.74, 6) is -0.355. The highest BCUT2D eigenvalue weighted by atomic mass is 32.2. The molecule has 1 aromatic heterocycles.